The fourth-order valence-electron chi connectivity index (χ4n) is 3.59. The largest absolute Gasteiger partial charge is 0.454 e. The van der Waals surface area contributed by atoms with E-state index in [-0.39, 0.29) is 18.6 Å². The highest BCUT2D eigenvalue weighted by molar-refractivity contribution is 5.98. The summed E-state index contributed by atoms with van der Waals surface area (Å²) in [6, 6.07) is 9.98. The quantitative estimate of drug-likeness (QED) is 0.704. The van der Waals surface area contributed by atoms with Gasteiger partial charge in [-0.2, -0.15) is 0 Å². The highest BCUT2D eigenvalue weighted by Gasteiger charge is 2.27. The molecule has 0 bridgehead atoms. The summed E-state index contributed by atoms with van der Waals surface area (Å²) in [5.74, 6) is 0.376. The van der Waals surface area contributed by atoms with Crippen LogP contribution in [-0.4, -0.2) is 59.6 Å². The Morgan fingerprint density at radius 1 is 0.828 bits per heavy atom. The van der Waals surface area contributed by atoms with Gasteiger partial charge in [0.1, 0.15) is 0 Å². The number of nitrogens with one attached hydrogen (secondary N) is 1. The van der Waals surface area contributed by atoms with Crippen molar-refractivity contribution < 1.29 is 23.5 Å². The van der Waals surface area contributed by atoms with Gasteiger partial charge in [0.25, 0.3) is 11.8 Å². The number of aromatic amines is 1. The lowest BCUT2D eigenvalue weighted by Gasteiger charge is -2.34. The van der Waals surface area contributed by atoms with E-state index in [1.165, 1.54) is 0 Å². The Hall–Kier alpha value is -3.75. The molecule has 3 aromatic rings. The molecule has 148 valence electrons. The van der Waals surface area contributed by atoms with Crippen LogP contribution in [-0.2, 0) is 0 Å². The van der Waals surface area contributed by atoms with Crippen LogP contribution in [0.4, 0.5) is 0 Å². The molecule has 0 aliphatic carbocycles. The van der Waals surface area contributed by atoms with Gasteiger partial charge in [0.05, 0.1) is 5.52 Å². The summed E-state index contributed by atoms with van der Waals surface area (Å²) in [6.45, 7) is 1.86. The van der Waals surface area contributed by atoms with Crippen molar-refractivity contribution in [1.82, 2.24) is 14.8 Å². The van der Waals surface area contributed by atoms with E-state index < -0.39 is 5.76 Å². The fourth-order valence-corrected chi connectivity index (χ4v) is 3.59. The van der Waals surface area contributed by atoms with Crippen molar-refractivity contribution >= 4 is 22.9 Å². The van der Waals surface area contributed by atoms with E-state index in [4.69, 9.17) is 13.9 Å². The van der Waals surface area contributed by atoms with Crippen molar-refractivity contribution in [3.8, 4) is 11.5 Å². The number of carbonyl (C=O) groups excluding carboxylic acids is 2. The normalized spacial score (nSPS) is 15.7. The third kappa shape index (κ3) is 3.10. The Morgan fingerprint density at radius 2 is 1.45 bits per heavy atom. The van der Waals surface area contributed by atoms with Crippen LogP contribution in [0.2, 0.25) is 0 Å². The molecule has 1 N–H and O–H groups in total. The average Bonchev–Trinajstić information content (AvgIpc) is 3.36. The molecule has 5 rings (SSSR count). The molecule has 3 heterocycles. The Bertz CT molecular complexity index is 1170. The van der Waals surface area contributed by atoms with Gasteiger partial charge in [-0.1, -0.05) is 0 Å². The number of piperazine rings is 1. The van der Waals surface area contributed by atoms with Crippen LogP contribution in [0.1, 0.15) is 20.7 Å². The summed E-state index contributed by atoms with van der Waals surface area (Å²) in [7, 11) is 0. The van der Waals surface area contributed by atoms with Crippen molar-refractivity contribution in [3.63, 3.8) is 0 Å². The summed E-state index contributed by atoms with van der Waals surface area (Å²) in [6.07, 6.45) is 0. The van der Waals surface area contributed by atoms with Crippen LogP contribution < -0.4 is 15.2 Å². The molecular formula is C20H17N3O6. The Labute approximate surface area is 164 Å². The maximum Gasteiger partial charge on any atom is 0.417 e. The molecule has 1 saturated heterocycles. The van der Waals surface area contributed by atoms with E-state index in [1.54, 1.807) is 46.2 Å². The number of H-pyrrole nitrogens is 1. The Kier molecular flexibility index (Phi) is 4.01. The number of hydrogen-bond donors (Lipinski definition) is 1. The predicted octanol–water partition coefficient (Wildman–Crippen LogP) is 1.45. The zero-order valence-corrected chi connectivity index (χ0v) is 15.3. The summed E-state index contributed by atoms with van der Waals surface area (Å²) < 4.78 is 15.6. The molecule has 1 aromatic heterocycles. The lowest BCUT2D eigenvalue weighted by Crippen LogP contribution is -2.50. The van der Waals surface area contributed by atoms with Crippen LogP contribution in [0, 0.1) is 0 Å². The number of carbonyl (C=O) groups is 2. The standard InChI is InChI=1S/C20H17N3O6/c24-18(12-1-3-14-16(9-12)29-20(26)21-14)22-5-7-23(8-6-22)19(25)13-2-4-15-17(10-13)28-11-27-15/h1-4,9-10H,5-8,11H2,(H,21,26). The van der Waals surface area contributed by atoms with Gasteiger partial charge in [0.15, 0.2) is 17.1 Å². The number of oxazole rings is 1. The van der Waals surface area contributed by atoms with Gasteiger partial charge in [-0.25, -0.2) is 4.79 Å². The molecule has 0 radical (unpaired) electrons. The first-order valence-electron chi connectivity index (χ1n) is 9.19. The molecule has 2 aliphatic rings. The minimum Gasteiger partial charge on any atom is -0.454 e. The van der Waals surface area contributed by atoms with Gasteiger partial charge in [-0.05, 0) is 36.4 Å². The lowest BCUT2D eigenvalue weighted by atomic mass is 10.1. The first-order valence-corrected chi connectivity index (χ1v) is 9.19. The fraction of sp³-hybridized carbons (Fsp3) is 0.250. The topological polar surface area (TPSA) is 105 Å². The van der Waals surface area contributed by atoms with E-state index in [0.717, 1.165) is 0 Å². The Morgan fingerprint density at radius 3 is 2.17 bits per heavy atom. The molecule has 29 heavy (non-hydrogen) atoms. The zero-order valence-electron chi connectivity index (χ0n) is 15.3. The monoisotopic (exact) mass is 395 g/mol. The molecular weight excluding hydrogens is 378 g/mol. The second-order valence-corrected chi connectivity index (χ2v) is 6.88. The highest BCUT2D eigenvalue weighted by Crippen LogP contribution is 2.32. The van der Waals surface area contributed by atoms with Crippen LogP contribution in [0.5, 0.6) is 11.5 Å². The maximum atomic E-state index is 12.8. The van der Waals surface area contributed by atoms with Gasteiger partial charge in [0.2, 0.25) is 6.79 Å². The number of ether oxygens (including phenoxy) is 2. The van der Waals surface area contributed by atoms with Crippen LogP contribution in [0.25, 0.3) is 11.1 Å². The van der Waals surface area contributed by atoms with Crippen molar-refractivity contribution in [3.05, 3.63) is 58.1 Å². The number of nitrogens with zero attached hydrogens (tertiary/aromatic N) is 2. The second-order valence-electron chi connectivity index (χ2n) is 6.88. The van der Waals surface area contributed by atoms with Crippen LogP contribution in [0.3, 0.4) is 0 Å². The average molecular weight is 395 g/mol. The van der Waals surface area contributed by atoms with E-state index in [2.05, 4.69) is 4.98 Å². The maximum absolute atomic E-state index is 12.8. The minimum absolute atomic E-state index is 0.106. The van der Waals surface area contributed by atoms with Crippen molar-refractivity contribution in [2.45, 2.75) is 0 Å². The number of hydrogen-bond acceptors (Lipinski definition) is 6. The molecule has 9 heteroatoms. The first-order chi connectivity index (χ1) is 14.1. The van der Waals surface area contributed by atoms with E-state index in [1.807, 2.05) is 0 Å². The summed E-state index contributed by atoms with van der Waals surface area (Å²) in [5, 5.41) is 0. The second kappa shape index (κ2) is 6.69. The summed E-state index contributed by atoms with van der Waals surface area (Å²) in [4.78, 5) is 42.8. The van der Waals surface area contributed by atoms with Gasteiger partial charge in [-0.3, -0.25) is 14.6 Å². The van der Waals surface area contributed by atoms with Gasteiger partial charge in [0, 0.05) is 37.3 Å². The molecule has 0 atom stereocenters. The number of benzene rings is 2. The van der Waals surface area contributed by atoms with Crippen LogP contribution >= 0.6 is 0 Å². The lowest BCUT2D eigenvalue weighted by molar-refractivity contribution is 0.0535. The number of amides is 2. The zero-order chi connectivity index (χ0) is 20.0. The summed E-state index contributed by atoms with van der Waals surface area (Å²) in [5.41, 5.74) is 1.86. The molecule has 1 fully saturated rings. The number of rotatable bonds is 2. The SMILES string of the molecule is O=C(c1ccc2c(c1)OCO2)N1CCN(C(=O)c2ccc3[nH]c(=O)oc3c2)CC1. The molecule has 0 saturated carbocycles. The first kappa shape index (κ1) is 17.4. The van der Waals surface area contributed by atoms with Crippen molar-refractivity contribution in [2.24, 2.45) is 0 Å². The molecule has 0 unspecified atom stereocenters. The van der Waals surface area contributed by atoms with E-state index in [0.29, 0.717) is 59.9 Å². The molecule has 9 nitrogen and oxygen atoms in total. The van der Waals surface area contributed by atoms with Gasteiger partial charge < -0.3 is 23.7 Å². The number of fused-ring (bicyclic) bond motifs is 2. The molecule has 2 aliphatic heterocycles. The van der Waals surface area contributed by atoms with Gasteiger partial charge in [-0.15, -0.1) is 0 Å². The highest BCUT2D eigenvalue weighted by atomic mass is 16.7. The van der Waals surface area contributed by atoms with Gasteiger partial charge >= 0.3 is 5.76 Å². The van der Waals surface area contributed by atoms with Crippen LogP contribution in [0.15, 0.2) is 45.6 Å². The molecule has 0 spiro atoms. The van der Waals surface area contributed by atoms with Crippen molar-refractivity contribution in [2.75, 3.05) is 33.0 Å². The van der Waals surface area contributed by atoms with E-state index in [9.17, 15) is 14.4 Å². The number of aromatic nitrogens is 1. The molecule has 2 amide bonds. The smallest absolute Gasteiger partial charge is 0.417 e. The third-order valence-electron chi connectivity index (χ3n) is 5.14. The van der Waals surface area contributed by atoms with Crippen molar-refractivity contribution in [1.29, 1.82) is 0 Å². The summed E-state index contributed by atoms with van der Waals surface area (Å²) >= 11 is 0. The van der Waals surface area contributed by atoms with E-state index >= 15 is 0 Å². The Balaban J connectivity index is 1.26. The molecule has 2 aromatic carbocycles. The minimum atomic E-state index is -0.555. The predicted molar refractivity (Wildman–Crippen MR) is 101 cm³/mol. The third-order valence-corrected chi connectivity index (χ3v) is 5.14.